The van der Waals surface area contributed by atoms with E-state index in [1.165, 1.54) is 0 Å². The minimum atomic E-state index is 0.213. The summed E-state index contributed by atoms with van der Waals surface area (Å²) in [5.41, 5.74) is 3.89. The van der Waals surface area contributed by atoms with E-state index >= 15 is 0 Å². The minimum absolute atomic E-state index is 0.213. The SMILES string of the molecule is Cc1cc(O)cc2c1C=C(c1cccc(O)c1)CO2. The smallest absolute Gasteiger partial charge is 0.130 e. The van der Waals surface area contributed by atoms with Gasteiger partial charge in [0, 0.05) is 11.6 Å². The van der Waals surface area contributed by atoms with E-state index < -0.39 is 0 Å². The summed E-state index contributed by atoms with van der Waals surface area (Å²) in [6.45, 7) is 2.36. The molecule has 3 nitrogen and oxygen atoms in total. The molecular weight excluding hydrogens is 240 g/mol. The number of hydrogen-bond acceptors (Lipinski definition) is 3. The molecule has 1 heterocycles. The quantitative estimate of drug-likeness (QED) is 0.820. The standard InChI is InChI=1S/C16H14O3/c1-10-5-14(18)8-16-15(10)7-12(9-19-16)11-3-2-4-13(17)6-11/h2-8,17-18H,9H2,1H3. The van der Waals surface area contributed by atoms with Gasteiger partial charge in [0.2, 0.25) is 0 Å². The highest BCUT2D eigenvalue weighted by atomic mass is 16.5. The molecule has 0 spiro atoms. The Hall–Kier alpha value is -2.42. The summed E-state index contributed by atoms with van der Waals surface area (Å²) >= 11 is 0. The first-order valence-electron chi connectivity index (χ1n) is 6.10. The fourth-order valence-corrected chi connectivity index (χ4v) is 2.30. The van der Waals surface area contributed by atoms with Gasteiger partial charge in [-0.2, -0.15) is 0 Å². The van der Waals surface area contributed by atoms with Crippen molar-refractivity contribution in [2.24, 2.45) is 0 Å². The van der Waals surface area contributed by atoms with Crippen LogP contribution in [0.5, 0.6) is 17.2 Å². The predicted molar refractivity (Wildman–Crippen MR) is 74.3 cm³/mol. The average Bonchev–Trinajstić information content (AvgIpc) is 2.38. The number of phenolic OH excluding ortho intramolecular Hbond substituents is 2. The first kappa shape index (κ1) is 11.7. The van der Waals surface area contributed by atoms with Crippen LogP contribution in [0.4, 0.5) is 0 Å². The molecule has 0 unspecified atom stereocenters. The van der Waals surface area contributed by atoms with Gasteiger partial charge in [-0.15, -0.1) is 0 Å². The predicted octanol–water partition coefficient (Wildman–Crippen LogP) is 3.34. The monoisotopic (exact) mass is 254 g/mol. The van der Waals surface area contributed by atoms with E-state index in [1.807, 2.05) is 25.1 Å². The van der Waals surface area contributed by atoms with E-state index in [2.05, 4.69) is 0 Å². The summed E-state index contributed by atoms with van der Waals surface area (Å²) in [6, 6.07) is 10.4. The number of rotatable bonds is 1. The molecule has 0 aromatic heterocycles. The summed E-state index contributed by atoms with van der Waals surface area (Å²) in [5.74, 6) is 1.15. The summed E-state index contributed by atoms with van der Waals surface area (Å²) in [4.78, 5) is 0. The molecule has 0 amide bonds. The van der Waals surface area contributed by atoms with Crippen molar-refractivity contribution in [2.45, 2.75) is 6.92 Å². The Kier molecular flexibility index (Phi) is 2.67. The Morgan fingerprint density at radius 1 is 1.05 bits per heavy atom. The molecule has 2 aromatic carbocycles. The Morgan fingerprint density at radius 3 is 2.68 bits per heavy atom. The van der Waals surface area contributed by atoms with E-state index in [0.29, 0.717) is 12.4 Å². The number of fused-ring (bicyclic) bond motifs is 1. The number of aromatic hydroxyl groups is 2. The van der Waals surface area contributed by atoms with Crippen LogP contribution < -0.4 is 4.74 Å². The zero-order valence-corrected chi connectivity index (χ0v) is 10.6. The maximum Gasteiger partial charge on any atom is 0.130 e. The van der Waals surface area contributed by atoms with Crippen LogP contribution in [0.2, 0.25) is 0 Å². The Morgan fingerprint density at radius 2 is 1.89 bits per heavy atom. The van der Waals surface area contributed by atoms with Crippen LogP contribution in [0.1, 0.15) is 16.7 Å². The second kappa shape index (κ2) is 4.35. The zero-order chi connectivity index (χ0) is 13.4. The molecule has 0 saturated carbocycles. The molecular formula is C16H14O3. The van der Waals surface area contributed by atoms with Crippen LogP contribution in [0.15, 0.2) is 36.4 Å². The number of phenols is 2. The normalized spacial score (nSPS) is 13.4. The fourth-order valence-electron chi connectivity index (χ4n) is 2.30. The highest BCUT2D eigenvalue weighted by molar-refractivity contribution is 5.87. The number of hydrogen-bond donors (Lipinski definition) is 2. The molecule has 1 aliphatic heterocycles. The molecule has 19 heavy (non-hydrogen) atoms. The number of aryl methyl sites for hydroxylation is 1. The largest absolute Gasteiger partial charge is 0.508 e. The van der Waals surface area contributed by atoms with Crippen LogP contribution >= 0.6 is 0 Å². The molecule has 2 N–H and O–H groups in total. The maximum atomic E-state index is 9.55. The summed E-state index contributed by atoms with van der Waals surface area (Å²) in [7, 11) is 0. The van der Waals surface area contributed by atoms with Crippen molar-refractivity contribution in [2.75, 3.05) is 6.61 Å². The molecule has 2 aromatic rings. The van der Waals surface area contributed by atoms with Gasteiger partial charge in [0.05, 0.1) is 0 Å². The van der Waals surface area contributed by atoms with Gasteiger partial charge in [0.25, 0.3) is 0 Å². The van der Waals surface area contributed by atoms with Crippen molar-refractivity contribution in [3.8, 4) is 17.2 Å². The van der Waals surface area contributed by atoms with Crippen molar-refractivity contribution >= 4 is 11.6 Å². The number of ether oxygens (including phenoxy) is 1. The topological polar surface area (TPSA) is 49.7 Å². The second-order valence-corrected chi connectivity index (χ2v) is 4.68. The average molecular weight is 254 g/mol. The highest BCUT2D eigenvalue weighted by Gasteiger charge is 2.15. The third-order valence-corrected chi connectivity index (χ3v) is 3.25. The van der Waals surface area contributed by atoms with Gasteiger partial charge < -0.3 is 14.9 Å². The van der Waals surface area contributed by atoms with Crippen LogP contribution in [0.3, 0.4) is 0 Å². The van der Waals surface area contributed by atoms with Crippen LogP contribution in [-0.4, -0.2) is 16.8 Å². The van der Waals surface area contributed by atoms with Crippen LogP contribution in [-0.2, 0) is 0 Å². The van der Waals surface area contributed by atoms with Gasteiger partial charge in [0.1, 0.15) is 23.9 Å². The molecule has 3 heteroatoms. The van der Waals surface area contributed by atoms with Crippen molar-refractivity contribution in [1.29, 1.82) is 0 Å². The van der Waals surface area contributed by atoms with E-state index in [1.54, 1.807) is 24.3 Å². The minimum Gasteiger partial charge on any atom is -0.508 e. The first-order chi connectivity index (χ1) is 9.13. The van der Waals surface area contributed by atoms with E-state index in [-0.39, 0.29) is 11.5 Å². The molecule has 0 aliphatic carbocycles. The third-order valence-electron chi connectivity index (χ3n) is 3.25. The summed E-state index contributed by atoms with van der Waals surface area (Å²) < 4.78 is 5.68. The van der Waals surface area contributed by atoms with Gasteiger partial charge in [0.15, 0.2) is 0 Å². The van der Waals surface area contributed by atoms with E-state index in [4.69, 9.17) is 4.74 Å². The first-order valence-corrected chi connectivity index (χ1v) is 6.10. The molecule has 3 rings (SSSR count). The van der Waals surface area contributed by atoms with Gasteiger partial charge in [-0.05, 0) is 47.9 Å². The van der Waals surface area contributed by atoms with E-state index in [0.717, 1.165) is 22.3 Å². The maximum absolute atomic E-state index is 9.55. The lowest BCUT2D eigenvalue weighted by Gasteiger charge is -2.20. The molecule has 0 saturated heterocycles. The lowest BCUT2D eigenvalue weighted by atomic mass is 9.98. The van der Waals surface area contributed by atoms with Gasteiger partial charge in [-0.3, -0.25) is 0 Å². The fraction of sp³-hybridized carbons (Fsp3) is 0.125. The number of benzene rings is 2. The van der Waals surface area contributed by atoms with Gasteiger partial charge >= 0.3 is 0 Å². The lowest BCUT2D eigenvalue weighted by Crippen LogP contribution is -2.07. The molecule has 0 atom stereocenters. The van der Waals surface area contributed by atoms with Crippen LogP contribution in [0.25, 0.3) is 11.6 Å². The zero-order valence-electron chi connectivity index (χ0n) is 10.6. The van der Waals surface area contributed by atoms with Gasteiger partial charge in [-0.1, -0.05) is 12.1 Å². The van der Waals surface area contributed by atoms with E-state index in [9.17, 15) is 10.2 Å². The molecule has 0 fully saturated rings. The molecule has 0 radical (unpaired) electrons. The van der Waals surface area contributed by atoms with Gasteiger partial charge in [-0.25, -0.2) is 0 Å². The van der Waals surface area contributed by atoms with Crippen molar-refractivity contribution in [3.05, 3.63) is 53.1 Å². The second-order valence-electron chi connectivity index (χ2n) is 4.68. The third kappa shape index (κ3) is 2.15. The summed E-state index contributed by atoms with van der Waals surface area (Å²) in [6.07, 6.45) is 2.04. The molecule has 1 aliphatic rings. The Labute approximate surface area is 111 Å². The lowest BCUT2D eigenvalue weighted by molar-refractivity contribution is 0.361. The molecule has 0 bridgehead atoms. The van der Waals surface area contributed by atoms with Crippen molar-refractivity contribution in [3.63, 3.8) is 0 Å². The summed E-state index contributed by atoms with van der Waals surface area (Å²) in [5, 5.41) is 19.1. The molecule has 96 valence electrons. The van der Waals surface area contributed by atoms with Crippen molar-refractivity contribution < 1.29 is 14.9 Å². The Bertz CT molecular complexity index is 672. The van der Waals surface area contributed by atoms with Crippen molar-refractivity contribution in [1.82, 2.24) is 0 Å². The van der Waals surface area contributed by atoms with Crippen LogP contribution in [0, 0.1) is 6.92 Å². The Balaban J connectivity index is 2.09. The highest BCUT2D eigenvalue weighted by Crippen LogP contribution is 2.35.